The van der Waals surface area contributed by atoms with Crippen LogP contribution in [0.25, 0.3) is 0 Å². The van der Waals surface area contributed by atoms with E-state index >= 15 is 0 Å². The van der Waals surface area contributed by atoms with Gasteiger partial charge in [0.2, 0.25) is 0 Å². The van der Waals surface area contributed by atoms with Crippen molar-refractivity contribution >= 4 is 44.8 Å². The lowest BCUT2D eigenvalue weighted by molar-refractivity contribution is -0.123. The first kappa shape index (κ1) is 16.2. The third kappa shape index (κ3) is 3.82. The maximum absolute atomic E-state index is 12.2. The number of ether oxygens (including phenoxy) is 1. The van der Waals surface area contributed by atoms with Crippen molar-refractivity contribution in [2.24, 2.45) is 0 Å². The summed E-state index contributed by atoms with van der Waals surface area (Å²) in [4.78, 5) is 26.1. The summed E-state index contributed by atoms with van der Waals surface area (Å²) in [6.45, 7) is 1.58. The molecule has 120 valence electrons. The lowest BCUT2D eigenvalue weighted by atomic mass is 10.2. The minimum absolute atomic E-state index is 0.343. The topological polar surface area (TPSA) is 55.4 Å². The van der Waals surface area contributed by atoms with Gasteiger partial charge in [-0.2, -0.15) is 0 Å². The van der Waals surface area contributed by atoms with Crippen LogP contribution in [0, 0.1) is 0 Å². The van der Waals surface area contributed by atoms with E-state index in [1.807, 2.05) is 18.2 Å². The van der Waals surface area contributed by atoms with Gasteiger partial charge < -0.3 is 10.1 Å². The fraction of sp³-hybridized carbons (Fsp3) is 0.294. The molecule has 3 rings (SSSR count). The van der Waals surface area contributed by atoms with E-state index in [4.69, 9.17) is 4.74 Å². The number of carbonyl (C=O) groups excluding carboxylic acids is 2. The third-order valence-electron chi connectivity index (χ3n) is 3.71. The molecule has 0 spiro atoms. The Bertz CT molecular complexity index is 717. The van der Waals surface area contributed by atoms with E-state index in [9.17, 15) is 9.59 Å². The van der Waals surface area contributed by atoms with E-state index in [2.05, 4.69) is 21.2 Å². The highest BCUT2D eigenvalue weighted by Crippen LogP contribution is 2.31. The molecule has 1 N–H and O–H groups in total. The Kier molecular flexibility index (Phi) is 4.82. The fourth-order valence-corrected chi connectivity index (χ4v) is 3.88. The van der Waals surface area contributed by atoms with Gasteiger partial charge in [-0.05, 0) is 62.1 Å². The molecule has 1 aliphatic carbocycles. The first-order valence-corrected chi connectivity index (χ1v) is 9.03. The average molecular weight is 394 g/mol. The van der Waals surface area contributed by atoms with Gasteiger partial charge in [-0.1, -0.05) is 15.9 Å². The molecule has 0 saturated carbocycles. The Balaban J connectivity index is 1.58. The maximum Gasteiger partial charge on any atom is 0.349 e. The standard InChI is InChI=1S/C17H16BrNO3S/c1-10(16(20)19-13-7-5-12(18)6-8-13)22-17(21)15-9-11-3-2-4-14(11)23-15/h5-10H,2-4H2,1H3,(H,19,20)/t10-/m1/s1. The van der Waals surface area contributed by atoms with Crippen LogP contribution in [0.3, 0.4) is 0 Å². The van der Waals surface area contributed by atoms with E-state index in [1.165, 1.54) is 21.8 Å². The van der Waals surface area contributed by atoms with E-state index in [1.54, 1.807) is 19.1 Å². The summed E-state index contributed by atoms with van der Waals surface area (Å²) in [5.41, 5.74) is 1.91. The molecule has 0 radical (unpaired) electrons. The van der Waals surface area contributed by atoms with Gasteiger partial charge in [0.1, 0.15) is 4.88 Å². The molecule has 1 amide bonds. The Morgan fingerprint density at radius 1 is 1.26 bits per heavy atom. The van der Waals surface area contributed by atoms with Crippen LogP contribution in [0.4, 0.5) is 5.69 Å². The monoisotopic (exact) mass is 393 g/mol. The highest BCUT2D eigenvalue weighted by Gasteiger charge is 2.23. The van der Waals surface area contributed by atoms with Crippen LogP contribution in [0.2, 0.25) is 0 Å². The number of aryl methyl sites for hydroxylation is 2. The van der Waals surface area contributed by atoms with Crippen LogP contribution in [0.15, 0.2) is 34.8 Å². The predicted molar refractivity (Wildman–Crippen MR) is 94.0 cm³/mol. The second-order valence-corrected chi connectivity index (χ2v) is 7.51. The second-order valence-electron chi connectivity index (χ2n) is 5.46. The van der Waals surface area contributed by atoms with Crippen molar-refractivity contribution in [3.8, 4) is 0 Å². The molecule has 0 bridgehead atoms. The number of rotatable bonds is 4. The molecule has 0 aliphatic heterocycles. The largest absolute Gasteiger partial charge is 0.448 e. The van der Waals surface area contributed by atoms with Crippen molar-refractivity contribution in [3.63, 3.8) is 0 Å². The van der Waals surface area contributed by atoms with Crippen molar-refractivity contribution in [1.82, 2.24) is 0 Å². The minimum atomic E-state index is -0.844. The summed E-state index contributed by atoms with van der Waals surface area (Å²) in [6, 6.07) is 9.12. The van der Waals surface area contributed by atoms with Gasteiger partial charge in [-0.25, -0.2) is 4.79 Å². The zero-order chi connectivity index (χ0) is 16.4. The van der Waals surface area contributed by atoms with E-state index in [0.29, 0.717) is 10.6 Å². The number of carbonyl (C=O) groups is 2. The average Bonchev–Trinajstić information content (AvgIpc) is 3.10. The molecule has 23 heavy (non-hydrogen) atoms. The highest BCUT2D eigenvalue weighted by molar-refractivity contribution is 9.10. The van der Waals surface area contributed by atoms with Crippen LogP contribution >= 0.6 is 27.3 Å². The van der Waals surface area contributed by atoms with Gasteiger partial charge in [0.25, 0.3) is 5.91 Å². The maximum atomic E-state index is 12.2. The predicted octanol–water partition coefficient (Wildman–Crippen LogP) is 4.18. The molecule has 0 saturated heterocycles. The number of esters is 1. The van der Waals surface area contributed by atoms with Gasteiger partial charge >= 0.3 is 5.97 Å². The van der Waals surface area contributed by atoms with Crippen molar-refractivity contribution in [2.45, 2.75) is 32.3 Å². The van der Waals surface area contributed by atoms with E-state index < -0.39 is 12.1 Å². The first-order chi connectivity index (χ1) is 11.0. The van der Waals surface area contributed by atoms with Crippen LogP contribution < -0.4 is 5.32 Å². The summed E-state index contributed by atoms with van der Waals surface area (Å²) < 4.78 is 6.21. The molecule has 1 aliphatic rings. The van der Waals surface area contributed by atoms with Crippen LogP contribution in [0.1, 0.15) is 33.5 Å². The highest BCUT2D eigenvalue weighted by atomic mass is 79.9. The fourth-order valence-electron chi connectivity index (χ4n) is 2.48. The molecule has 1 aromatic heterocycles. The quantitative estimate of drug-likeness (QED) is 0.792. The van der Waals surface area contributed by atoms with Gasteiger partial charge in [0, 0.05) is 15.0 Å². The summed E-state index contributed by atoms with van der Waals surface area (Å²) in [7, 11) is 0. The van der Waals surface area contributed by atoms with Gasteiger partial charge in [0.15, 0.2) is 6.10 Å². The normalized spacial score (nSPS) is 14.2. The SMILES string of the molecule is C[C@@H](OC(=O)c1cc2c(s1)CCC2)C(=O)Nc1ccc(Br)cc1. The number of halogens is 1. The number of nitrogens with one attached hydrogen (secondary N) is 1. The van der Waals surface area contributed by atoms with Crippen molar-refractivity contribution in [2.75, 3.05) is 5.32 Å². The Morgan fingerprint density at radius 3 is 2.70 bits per heavy atom. The molecular formula is C17H16BrNO3S. The molecule has 0 fully saturated rings. The Hall–Kier alpha value is -1.66. The lowest BCUT2D eigenvalue weighted by Gasteiger charge is -2.13. The number of fused-ring (bicyclic) bond motifs is 1. The van der Waals surface area contributed by atoms with Crippen molar-refractivity contribution < 1.29 is 14.3 Å². The number of thiophene rings is 1. The number of hydrogen-bond acceptors (Lipinski definition) is 4. The first-order valence-electron chi connectivity index (χ1n) is 7.42. The minimum Gasteiger partial charge on any atom is -0.448 e. The summed E-state index contributed by atoms with van der Waals surface area (Å²) in [5, 5.41) is 2.73. The van der Waals surface area contributed by atoms with Crippen LogP contribution in [0.5, 0.6) is 0 Å². The van der Waals surface area contributed by atoms with Gasteiger partial charge in [-0.15, -0.1) is 11.3 Å². The van der Waals surface area contributed by atoms with Crippen LogP contribution in [-0.2, 0) is 22.4 Å². The van der Waals surface area contributed by atoms with Gasteiger partial charge in [-0.3, -0.25) is 4.79 Å². The lowest BCUT2D eigenvalue weighted by Crippen LogP contribution is -2.29. The molecule has 1 atom stereocenters. The molecule has 0 unspecified atom stereocenters. The zero-order valence-electron chi connectivity index (χ0n) is 12.6. The van der Waals surface area contributed by atoms with Crippen LogP contribution in [-0.4, -0.2) is 18.0 Å². The second kappa shape index (κ2) is 6.84. The third-order valence-corrected chi connectivity index (χ3v) is 5.46. The summed E-state index contributed by atoms with van der Waals surface area (Å²) >= 11 is 4.81. The number of benzene rings is 1. The summed E-state index contributed by atoms with van der Waals surface area (Å²) in [5.74, 6) is -0.771. The number of anilines is 1. The zero-order valence-corrected chi connectivity index (χ0v) is 15.0. The van der Waals surface area contributed by atoms with Crippen molar-refractivity contribution in [3.05, 3.63) is 50.1 Å². The van der Waals surface area contributed by atoms with Crippen molar-refractivity contribution in [1.29, 1.82) is 0 Å². The molecule has 6 heteroatoms. The number of amides is 1. The molecule has 1 aromatic carbocycles. The molecule has 2 aromatic rings. The molecule has 1 heterocycles. The smallest absolute Gasteiger partial charge is 0.349 e. The van der Waals surface area contributed by atoms with Gasteiger partial charge in [0.05, 0.1) is 0 Å². The molecule has 4 nitrogen and oxygen atoms in total. The Labute approximate surface area is 147 Å². The Morgan fingerprint density at radius 2 is 2.00 bits per heavy atom. The van der Waals surface area contributed by atoms with E-state index in [0.717, 1.165) is 23.7 Å². The summed E-state index contributed by atoms with van der Waals surface area (Å²) in [6.07, 6.45) is 2.37. The van der Waals surface area contributed by atoms with E-state index in [-0.39, 0.29) is 5.91 Å². The molecular weight excluding hydrogens is 378 g/mol. The number of hydrogen-bond donors (Lipinski definition) is 1.